The van der Waals surface area contributed by atoms with Gasteiger partial charge in [-0.25, -0.2) is 0 Å². The van der Waals surface area contributed by atoms with Crippen LogP contribution < -0.4 is 0 Å². The molecule has 0 N–H and O–H groups in total. The van der Waals surface area contributed by atoms with Gasteiger partial charge in [0.05, 0.1) is 11.3 Å². The molecule has 0 bridgehead atoms. The zero-order valence-electron chi connectivity index (χ0n) is 10.9. The lowest BCUT2D eigenvalue weighted by molar-refractivity contribution is -0.135. The van der Waals surface area contributed by atoms with Crippen molar-refractivity contribution in [2.45, 2.75) is 31.1 Å². The van der Waals surface area contributed by atoms with Gasteiger partial charge in [0.1, 0.15) is 0 Å². The van der Waals surface area contributed by atoms with Crippen molar-refractivity contribution in [1.82, 2.24) is 4.90 Å². The molecule has 0 radical (unpaired) electrons. The highest BCUT2D eigenvalue weighted by molar-refractivity contribution is 7.99. The molecule has 1 heterocycles. The maximum Gasteiger partial charge on any atom is 0.233 e. The van der Waals surface area contributed by atoms with Crippen molar-refractivity contribution < 1.29 is 4.79 Å². The van der Waals surface area contributed by atoms with Crippen molar-refractivity contribution >= 4 is 29.3 Å². The summed E-state index contributed by atoms with van der Waals surface area (Å²) in [5.41, 5.74) is 0.867. The first-order valence-corrected chi connectivity index (χ1v) is 8.39. The molecule has 1 amide bonds. The van der Waals surface area contributed by atoms with Gasteiger partial charge in [-0.3, -0.25) is 4.79 Å². The normalized spacial score (nSPS) is 21.8. The Bertz CT molecular complexity index is 462. The molecule has 0 unspecified atom stereocenters. The summed E-state index contributed by atoms with van der Waals surface area (Å²) < 4.78 is 0. The van der Waals surface area contributed by atoms with Gasteiger partial charge in [-0.2, -0.15) is 0 Å². The van der Waals surface area contributed by atoms with Crippen LogP contribution in [0.15, 0.2) is 24.3 Å². The monoisotopic (exact) mass is 295 g/mol. The van der Waals surface area contributed by atoms with E-state index in [0.29, 0.717) is 5.91 Å². The fourth-order valence-corrected chi connectivity index (χ4v) is 4.32. The molecular weight excluding hydrogens is 278 g/mol. The Morgan fingerprint density at radius 2 is 1.89 bits per heavy atom. The van der Waals surface area contributed by atoms with Crippen LogP contribution >= 0.6 is 23.4 Å². The van der Waals surface area contributed by atoms with E-state index >= 15 is 0 Å². The molecule has 1 aromatic carbocycles. The number of hydrogen-bond donors (Lipinski definition) is 0. The fourth-order valence-electron chi connectivity index (χ4n) is 3.25. The summed E-state index contributed by atoms with van der Waals surface area (Å²) >= 11 is 7.82. The number of thioether (sulfide) groups is 1. The molecule has 19 heavy (non-hydrogen) atoms. The average molecular weight is 296 g/mol. The van der Waals surface area contributed by atoms with Gasteiger partial charge < -0.3 is 4.90 Å². The van der Waals surface area contributed by atoms with E-state index < -0.39 is 0 Å². The number of nitrogens with zero attached hydrogens (tertiary/aromatic N) is 1. The van der Waals surface area contributed by atoms with E-state index in [0.717, 1.165) is 54.4 Å². The molecule has 1 saturated carbocycles. The molecule has 2 nitrogen and oxygen atoms in total. The van der Waals surface area contributed by atoms with Crippen LogP contribution in [0.4, 0.5) is 0 Å². The molecule has 1 aliphatic carbocycles. The highest BCUT2D eigenvalue weighted by Crippen LogP contribution is 2.43. The lowest BCUT2D eigenvalue weighted by Crippen LogP contribution is -2.44. The van der Waals surface area contributed by atoms with Crippen LogP contribution in [0.5, 0.6) is 0 Å². The molecule has 2 aliphatic rings. The van der Waals surface area contributed by atoms with Crippen LogP contribution in [0.3, 0.4) is 0 Å². The smallest absolute Gasteiger partial charge is 0.233 e. The second-order valence-corrected chi connectivity index (χ2v) is 6.91. The van der Waals surface area contributed by atoms with E-state index in [4.69, 9.17) is 11.6 Å². The van der Waals surface area contributed by atoms with Crippen LogP contribution in [0.2, 0.25) is 5.02 Å². The van der Waals surface area contributed by atoms with Crippen molar-refractivity contribution in [2.24, 2.45) is 0 Å². The van der Waals surface area contributed by atoms with Crippen molar-refractivity contribution in [1.29, 1.82) is 0 Å². The summed E-state index contributed by atoms with van der Waals surface area (Å²) in [5.74, 6) is 2.26. The Morgan fingerprint density at radius 1 is 1.21 bits per heavy atom. The zero-order valence-corrected chi connectivity index (χ0v) is 12.5. The molecule has 0 atom stereocenters. The van der Waals surface area contributed by atoms with E-state index in [9.17, 15) is 4.79 Å². The lowest BCUT2D eigenvalue weighted by Gasteiger charge is -2.32. The van der Waals surface area contributed by atoms with E-state index in [2.05, 4.69) is 0 Å². The quantitative estimate of drug-likeness (QED) is 0.829. The Morgan fingerprint density at radius 3 is 2.47 bits per heavy atom. The Hall–Kier alpha value is -0.670. The van der Waals surface area contributed by atoms with E-state index in [1.165, 1.54) is 0 Å². The Kier molecular flexibility index (Phi) is 3.77. The molecule has 2 fully saturated rings. The third-order valence-electron chi connectivity index (χ3n) is 4.30. The Balaban J connectivity index is 1.94. The highest BCUT2D eigenvalue weighted by Gasteiger charge is 2.45. The maximum atomic E-state index is 12.9. The van der Waals surface area contributed by atoms with Crippen molar-refractivity contribution in [2.75, 3.05) is 18.2 Å². The largest absolute Gasteiger partial charge is 0.332 e. The summed E-state index contributed by atoms with van der Waals surface area (Å²) in [6.45, 7) is 0.902. The van der Waals surface area contributed by atoms with Gasteiger partial charge in [-0.15, -0.1) is 11.8 Å². The van der Waals surface area contributed by atoms with Crippen molar-refractivity contribution in [3.05, 3.63) is 34.9 Å². The maximum absolute atomic E-state index is 12.9. The summed E-state index contributed by atoms with van der Waals surface area (Å²) in [4.78, 5) is 15.0. The van der Waals surface area contributed by atoms with Crippen molar-refractivity contribution in [3.8, 4) is 0 Å². The molecular formula is C15H18ClNOS. The highest BCUT2D eigenvalue weighted by atomic mass is 35.5. The minimum Gasteiger partial charge on any atom is -0.332 e. The van der Waals surface area contributed by atoms with E-state index in [1.807, 2.05) is 40.9 Å². The van der Waals surface area contributed by atoms with Gasteiger partial charge in [0.2, 0.25) is 5.91 Å². The summed E-state index contributed by atoms with van der Waals surface area (Å²) in [6.07, 6.45) is 4.26. The first-order valence-electron chi connectivity index (χ1n) is 6.85. The topological polar surface area (TPSA) is 20.3 Å². The van der Waals surface area contributed by atoms with Gasteiger partial charge in [0.25, 0.3) is 0 Å². The molecule has 102 valence electrons. The predicted molar refractivity (Wildman–Crippen MR) is 80.6 cm³/mol. The number of benzene rings is 1. The summed E-state index contributed by atoms with van der Waals surface area (Å²) in [5, 5.41) is 0.737. The molecule has 3 rings (SSSR count). The second-order valence-electron chi connectivity index (χ2n) is 5.40. The second kappa shape index (κ2) is 5.37. The number of carbonyl (C=O) groups is 1. The first-order chi connectivity index (χ1) is 9.22. The molecule has 0 aromatic heterocycles. The number of carbonyl (C=O) groups excluding carboxylic acids is 1. The number of rotatable bonds is 2. The van der Waals surface area contributed by atoms with Crippen LogP contribution in [0.25, 0.3) is 0 Å². The van der Waals surface area contributed by atoms with Gasteiger partial charge in [-0.1, -0.05) is 36.6 Å². The zero-order chi connectivity index (χ0) is 13.3. The van der Waals surface area contributed by atoms with Gasteiger partial charge in [0.15, 0.2) is 0 Å². The molecule has 0 spiro atoms. The molecule has 4 heteroatoms. The first kappa shape index (κ1) is 13.3. The minimum atomic E-state index is -0.282. The summed E-state index contributed by atoms with van der Waals surface area (Å²) in [6, 6.07) is 7.88. The average Bonchev–Trinajstić information content (AvgIpc) is 3.11. The van der Waals surface area contributed by atoms with Crippen LogP contribution in [0.1, 0.15) is 31.2 Å². The number of hydrogen-bond acceptors (Lipinski definition) is 2. The molecule has 1 saturated heterocycles. The fraction of sp³-hybridized carbons (Fsp3) is 0.533. The number of amides is 1. The van der Waals surface area contributed by atoms with Crippen LogP contribution in [-0.4, -0.2) is 29.0 Å². The standard InChI is InChI=1S/C15H18ClNOS/c16-13-5-3-12(4-6-13)15(7-1-2-8-15)14(18)17-9-10-19-11-17/h3-6H,1-2,7-11H2. The lowest BCUT2D eigenvalue weighted by atomic mass is 9.77. The van der Waals surface area contributed by atoms with Gasteiger partial charge >= 0.3 is 0 Å². The third kappa shape index (κ3) is 2.38. The summed E-state index contributed by atoms with van der Waals surface area (Å²) in [7, 11) is 0. The molecule has 1 aliphatic heterocycles. The van der Waals surface area contributed by atoms with Gasteiger partial charge in [0, 0.05) is 17.3 Å². The van der Waals surface area contributed by atoms with E-state index in [1.54, 1.807) is 0 Å². The molecule has 1 aromatic rings. The minimum absolute atomic E-state index is 0.282. The predicted octanol–water partition coefficient (Wildman–Crippen LogP) is 3.68. The SMILES string of the molecule is O=C(N1CCSC1)C1(c2ccc(Cl)cc2)CCCC1. The Labute approximate surface area is 123 Å². The van der Waals surface area contributed by atoms with Crippen molar-refractivity contribution in [3.63, 3.8) is 0 Å². The van der Waals surface area contributed by atoms with Crippen LogP contribution in [-0.2, 0) is 10.2 Å². The number of halogens is 1. The third-order valence-corrected chi connectivity index (χ3v) is 5.52. The van der Waals surface area contributed by atoms with Gasteiger partial charge in [-0.05, 0) is 30.5 Å². The van der Waals surface area contributed by atoms with E-state index in [-0.39, 0.29) is 5.41 Å². The van der Waals surface area contributed by atoms with Crippen LogP contribution in [0, 0.1) is 0 Å².